The van der Waals surface area contributed by atoms with Gasteiger partial charge in [0.05, 0.1) is 24.7 Å². The summed E-state index contributed by atoms with van der Waals surface area (Å²) in [6.45, 7) is 9.57. The van der Waals surface area contributed by atoms with Crippen LogP contribution in [0.3, 0.4) is 0 Å². The van der Waals surface area contributed by atoms with Crippen molar-refractivity contribution in [2.75, 3.05) is 81.8 Å². The number of halogens is 2. The van der Waals surface area contributed by atoms with E-state index in [0.29, 0.717) is 10.6 Å². The molecule has 0 amide bonds. The van der Waals surface area contributed by atoms with E-state index in [1.54, 1.807) is 24.1 Å². The summed E-state index contributed by atoms with van der Waals surface area (Å²) in [6.07, 6.45) is 5.56. The van der Waals surface area contributed by atoms with E-state index < -0.39 is 7.15 Å². The van der Waals surface area contributed by atoms with Gasteiger partial charge in [0.25, 0.3) is 6.47 Å². The van der Waals surface area contributed by atoms with Crippen LogP contribution in [0.1, 0.15) is 34.6 Å². The van der Waals surface area contributed by atoms with Crippen LogP contribution in [-0.2, 0) is 22.8 Å². The number of nitrogens with zero attached hydrogens (tertiary/aromatic N) is 4. The van der Waals surface area contributed by atoms with Gasteiger partial charge in [0.15, 0.2) is 12.6 Å². The average Bonchev–Trinajstić information content (AvgIpc) is 3.23. The molecule has 55 heavy (non-hydrogen) atoms. The molecule has 0 radical (unpaired) electrons. The number of benzene rings is 4. The number of rotatable bonds is 10. The number of anilines is 2. The molecule has 2 aliphatic rings. The largest absolute Gasteiger partial charge is 1.00 e. The number of thioether (sulfide) groups is 1. The van der Waals surface area contributed by atoms with Crippen molar-refractivity contribution in [2.45, 2.75) is 18.0 Å². The van der Waals surface area contributed by atoms with Gasteiger partial charge in [0.2, 0.25) is 0 Å². The van der Waals surface area contributed by atoms with Crippen LogP contribution in [0.25, 0.3) is 0 Å². The van der Waals surface area contributed by atoms with Crippen molar-refractivity contribution in [3.63, 3.8) is 0 Å². The first-order chi connectivity index (χ1) is 26.4. The molecule has 4 aromatic carbocycles. The van der Waals surface area contributed by atoms with Crippen LogP contribution in [0.15, 0.2) is 102 Å². The molecule has 0 unspecified atom stereocenters. The van der Waals surface area contributed by atoms with Crippen LogP contribution in [-0.4, -0.2) is 101 Å². The number of carbonyl (C=O) groups excluding carboxylic acids is 3. The minimum atomic E-state index is -1.00. The van der Waals surface area contributed by atoms with Gasteiger partial charge in [0, 0.05) is 81.7 Å². The van der Waals surface area contributed by atoms with Crippen LogP contribution in [0.2, 0.25) is 5.02 Å². The molecule has 2 heterocycles. The molecular weight excluding hydrogens is 1000 g/mol. The summed E-state index contributed by atoms with van der Waals surface area (Å²) in [5, 5.41) is 8.96. The number of hydrogen-bond donors (Lipinski definition) is 1. The van der Waals surface area contributed by atoms with Crippen molar-refractivity contribution < 1.29 is 170 Å². The first kappa shape index (κ1) is 53.2. The fourth-order valence-electron chi connectivity index (χ4n) is 6.00. The van der Waals surface area contributed by atoms with Gasteiger partial charge in [-0.05, 0) is 47.9 Å². The summed E-state index contributed by atoms with van der Waals surface area (Å²) in [6, 6.07) is 32.9. The summed E-state index contributed by atoms with van der Waals surface area (Å²) >= 11 is 11.3. The molecule has 9 nitrogen and oxygen atoms in total. The molecule has 288 valence electrons. The molecule has 2 aliphatic heterocycles. The normalized spacial score (nSPS) is 13.7. The summed E-state index contributed by atoms with van der Waals surface area (Å²) in [7, 11) is -1.00. The summed E-state index contributed by atoms with van der Waals surface area (Å²) in [4.78, 5) is 44.6. The smallest absolute Gasteiger partial charge is 1.00 e. The van der Waals surface area contributed by atoms with Crippen LogP contribution in [0, 0.1) is 0 Å². The van der Waals surface area contributed by atoms with Crippen molar-refractivity contribution in [1.82, 2.24) is 9.80 Å². The van der Waals surface area contributed by atoms with E-state index in [4.69, 9.17) is 23.0 Å². The molecule has 0 N–H and O–H groups in total. The zero-order chi connectivity index (χ0) is 39.6. The zero-order valence-electron chi connectivity index (χ0n) is 34.2. The minimum Gasteiger partial charge on any atom is -1.00 e. The molecule has 6 rings (SSSR count). The molecule has 0 saturated carbocycles. The summed E-state index contributed by atoms with van der Waals surface area (Å²) in [5.74, 6) is 0. The Balaban J connectivity index is 0. The van der Waals surface area contributed by atoms with Gasteiger partial charge in [-0.3, -0.25) is 28.6 Å². The molecule has 0 bridgehead atoms. The Hall–Kier alpha value is 0.194. The molecular formula is C40H50ClCs2FN4O5S2. The van der Waals surface area contributed by atoms with Crippen LogP contribution >= 0.6 is 36.0 Å². The number of aldehydes is 2. The Morgan fingerprint density at radius 1 is 0.727 bits per heavy atom. The van der Waals surface area contributed by atoms with Gasteiger partial charge in [-0.25, -0.2) is 0 Å². The maximum absolute atomic E-state index is 11.5. The maximum Gasteiger partial charge on any atom is 1.00 e. The SMILES string of the molecule is CS.CSc1cccc(N2CCN(Cc3ccccc3)CC2)c1C=O.O=CO[O-].O=Cc1c(Cl)cccc1N1CCN(Cc2ccccc2)CC1.[2H]CF.[Cs+].[Cs+].[H-]. The first-order valence-electron chi connectivity index (χ1n) is 17.5. The first-order valence-corrected chi connectivity index (χ1v) is 19.3. The average molecular weight is 1050 g/mol. The van der Waals surface area contributed by atoms with Crippen molar-refractivity contribution >= 4 is 66.4 Å². The standard InChI is InChI=1S/C19H22N2OS.C18H19ClN2O.CH3F.CH2O3.CH4S.2Cs.H/c1-23-19-9-5-8-18(17(19)15-22)21-12-10-20(11-13-21)14-16-6-3-2-4-7-16;19-17-7-4-8-18(16(17)14-22)21-11-9-20(10-12-21)13-15-5-2-1-3-6-15;1-2;2-1-4-3;1-2;;;/h2-9,15H,10-14H2,1H3;1-8,14H,9-13H2;1H3;1,3H;2H,1H3;;;/q;;;;;2*+1;-1/p-1/i;;1D;;;;;. The number of thiol groups is 1. The third-order valence-corrected chi connectivity index (χ3v) is 9.62. The Morgan fingerprint density at radius 2 is 1.11 bits per heavy atom. The van der Waals surface area contributed by atoms with Gasteiger partial charge < -0.3 is 21.4 Å². The van der Waals surface area contributed by atoms with Crippen molar-refractivity contribution in [3.05, 3.63) is 124 Å². The Morgan fingerprint density at radius 3 is 1.47 bits per heavy atom. The van der Waals surface area contributed by atoms with Gasteiger partial charge in [-0.2, -0.15) is 12.6 Å². The molecule has 0 aromatic heterocycles. The molecule has 15 heteroatoms. The van der Waals surface area contributed by atoms with Gasteiger partial charge in [0.1, 0.15) is 0 Å². The number of alkyl halides is 1. The van der Waals surface area contributed by atoms with Gasteiger partial charge in [-0.15, -0.1) is 11.8 Å². The quantitative estimate of drug-likeness (QED) is 0.0806. The second-order valence-corrected chi connectivity index (χ2v) is 12.7. The van der Waals surface area contributed by atoms with E-state index >= 15 is 0 Å². The molecule has 0 aliphatic carbocycles. The van der Waals surface area contributed by atoms with Crippen LogP contribution < -0.4 is 153 Å². The van der Waals surface area contributed by atoms with Crippen molar-refractivity contribution in [3.8, 4) is 0 Å². The fourth-order valence-corrected chi connectivity index (χ4v) is 6.80. The predicted molar refractivity (Wildman–Crippen MR) is 219 cm³/mol. The van der Waals surface area contributed by atoms with Gasteiger partial charge >= 0.3 is 138 Å². The van der Waals surface area contributed by atoms with E-state index in [2.05, 4.69) is 97.8 Å². The third-order valence-electron chi connectivity index (χ3n) is 8.49. The summed E-state index contributed by atoms with van der Waals surface area (Å²) in [5.41, 5.74) is 6.15. The maximum atomic E-state index is 11.5. The summed E-state index contributed by atoms with van der Waals surface area (Å²) < 4.78 is 15.5. The Labute approximate surface area is 461 Å². The minimum absolute atomic E-state index is 0. The second kappa shape index (κ2) is 34.0. The number of carbonyl (C=O) groups is 3. The second-order valence-electron chi connectivity index (χ2n) is 11.5. The van der Waals surface area contributed by atoms with Crippen LogP contribution in [0.4, 0.5) is 15.8 Å². The Bertz CT molecular complexity index is 1650. The van der Waals surface area contributed by atoms with Crippen LogP contribution in [0.5, 0.6) is 0 Å². The van der Waals surface area contributed by atoms with E-state index in [0.717, 1.165) is 99.9 Å². The van der Waals surface area contributed by atoms with Crippen molar-refractivity contribution in [2.24, 2.45) is 0 Å². The van der Waals surface area contributed by atoms with E-state index in [9.17, 15) is 14.0 Å². The Kier molecular flexibility index (Phi) is 32.9. The van der Waals surface area contributed by atoms with E-state index in [-0.39, 0.29) is 146 Å². The fraction of sp³-hybridized carbons (Fsp3) is 0.325. The molecule has 0 spiro atoms. The van der Waals surface area contributed by atoms with E-state index in [1.165, 1.54) is 11.1 Å². The topological polar surface area (TPSA) is 96.5 Å². The predicted octanol–water partition coefficient (Wildman–Crippen LogP) is 0.705. The van der Waals surface area contributed by atoms with Gasteiger partial charge in [-0.1, -0.05) is 84.4 Å². The monoisotopic (exact) mass is 1050 g/mol. The molecule has 2 fully saturated rings. The van der Waals surface area contributed by atoms with Crippen molar-refractivity contribution in [1.29, 1.82) is 0 Å². The number of hydrogen-bond acceptors (Lipinski definition) is 11. The number of piperazine rings is 2. The molecule has 4 aromatic rings. The third kappa shape index (κ3) is 19.4. The zero-order valence-corrected chi connectivity index (χ0v) is 47.2. The molecule has 2 saturated heterocycles. The molecule has 0 atom stereocenters. The van der Waals surface area contributed by atoms with E-state index in [1.807, 2.05) is 36.6 Å².